The quantitative estimate of drug-likeness (QED) is 0.689. The molecule has 0 saturated heterocycles. The molecular formula is C18H16O4S4. The highest BCUT2D eigenvalue weighted by molar-refractivity contribution is 8.34. The summed E-state index contributed by atoms with van der Waals surface area (Å²) in [7, 11) is -6.97. The monoisotopic (exact) mass is 424 g/mol. The number of sulfone groups is 2. The van der Waals surface area contributed by atoms with Gasteiger partial charge in [-0.05, 0) is 11.1 Å². The minimum absolute atomic E-state index is 0.0999. The van der Waals surface area contributed by atoms with E-state index in [2.05, 4.69) is 0 Å². The first-order chi connectivity index (χ1) is 12.3. The summed E-state index contributed by atoms with van der Waals surface area (Å²) in [5.41, 5.74) is 1.40. The van der Waals surface area contributed by atoms with Crippen molar-refractivity contribution in [3.8, 4) is 0 Å². The molecule has 4 nitrogen and oxygen atoms in total. The van der Waals surface area contributed by atoms with Crippen LogP contribution in [-0.2, 0) is 31.2 Å². The maximum Gasteiger partial charge on any atom is 0.189 e. The first-order valence-corrected chi connectivity index (χ1v) is 12.7. The minimum atomic E-state index is -3.49. The van der Waals surface area contributed by atoms with Crippen molar-refractivity contribution >= 4 is 43.2 Å². The van der Waals surface area contributed by atoms with Crippen molar-refractivity contribution in [2.45, 2.75) is 11.5 Å². The molecule has 0 N–H and O–H groups in total. The lowest BCUT2D eigenvalue weighted by Crippen LogP contribution is -2.04. The highest BCUT2D eigenvalue weighted by atomic mass is 32.3. The smallest absolute Gasteiger partial charge is 0.189 e. The van der Waals surface area contributed by atoms with E-state index in [0.717, 1.165) is 28.9 Å². The van der Waals surface area contributed by atoms with Crippen LogP contribution in [0, 0.1) is 0 Å². The van der Waals surface area contributed by atoms with Gasteiger partial charge in [0.15, 0.2) is 19.7 Å². The zero-order valence-electron chi connectivity index (χ0n) is 13.6. The second-order valence-electron chi connectivity index (χ2n) is 5.63. The molecule has 136 valence electrons. The Morgan fingerprint density at radius 3 is 1.88 bits per heavy atom. The minimum Gasteiger partial charge on any atom is -0.224 e. The maximum absolute atomic E-state index is 12.5. The number of thioether (sulfide) groups is 2. The molecule has 0 aromatic heterocycles. The third kappa shape index (κ3) is 5.26. The molecule has 0 spiro atoms. The molecule has 1 aliphatic heterocycles. The molecule has 0 aliphatic carbocycles. The Hall–Kier alpha value is -1.48. The van der Waals surface area contributed by atoms with Gasteiger partial charge in [-0.2, -0.15) is 0 Å². The van der Waals surface area contributed by atoms with Gasteiger partial charge >= 0.3 is 0 Å². The summed E-state index contributed by atoms with van der Waals surface area (Å²) in [5, 5.41) is 2.67. The van der Waals surface area contributed by atoms with Crippen LogP contribution in [0.15, 0.2) is 80.0 Å². The predicted molar refractivity (Wildman–Crippen MR) is 109 cm³/mol. The van der Waals surface area contributed by atoms with Crippen LogP contribution in [0.25, 0.3) is 0 Å². The van der Waals surface area contributed by atoms with Crippen LogP contribution in [0.2, 0.25) is 0 Å². The lowest BCUT2D eigenvalue weighted by molar-refractivity contribution is 0.601. The van der Waals surface area contributed by atoms with E-state index in [9.17, 15) is 16.8 Å². The third-order valence-electron chi connectivity index (χ3n) is 3.46. The number of hydrogen-bond donors (Lipinski definition) is 0. The molecule has 0 unspecified atom stereocenters. The van der Waals surface area contributed by atoms with Crippen LogP contribution in [0.5, 0.6) is 0 Å². The number of rotatable bonds is 6. The van der Waals surface area contributed by atoms with Gasteiger partial charge in [0.1, 0.15) is 4.24 Å². The Labute approximate surface area is 162 Å². The van der Waals surface area contributed by atoms with E-state index in [1.807, 2.05) is 12.1 Å². The summed E-state index contributed by atoms with van der Waals surface area (Å²) >= 11 is 2.12. The van der Waals surface area contributed by atoms with Gasteiger partial charge in [0, 0.05) is 5.41 Å². The van der Waals surface area contributed by atoms with Gasteiger partial charge in [0.05, 0.1) is 21.2 Å². The largest absolute Gasteiger partial charge is 0.224 e. The summed E-state index contributed by atoms with van der Waals surface area (Å²) in [6.07, 6.45) is 0. The summed E-state index contributed by atoms with van der Waals surface area (Å²) in [6, 6.07) is 17.8. The molecule has 2 aromatic rings. The van der Waals surface area contributed by atoms with E-state index >= 15 is 0 Å². The molecule has 2 aromatic carbocycles. The number of hydrogen-bond acceptors (Lipinski definition) is 6. The average molecular weight is 425 g/mol. The van der Waals surface area contributed by atoms with Crippen molar-refractivity contribution in [1.82, 2.24) is 0 Å². The fourth-order valence-electron chi connectivity index (χ4n) is 2.30. The molecule has 3 rings (SSSR count). The summed E-state index contributed by atoms with van der Waals surface area (Å²) in [5.74, 6) is -0.207. The molecule has 0 amide bonds. The molecule has 0 saturated carbocycles. The molecule has 0 fully saturated rings. The van der Waals surface area contributed by atoms with Crippen LogP contribution in [0.3, 0.4) is 0 Å². The van der Waals surface area contributed by atoms with Crippen molar-refractivity contribution in [3.63, 3.8) is 0 Å². The lowest BCUT2D eigenvalue weighted by Gasteiger charge is -2.05. The van der Waals surface area contributed by atoms with Gasteiger partial charge in [0.25, 0.3) is 0 Å². The van der Waals surface area contributed by atoms with E-state index in [0.29, 0.717) is 15.4 Å². The van der Waals surface area contributed by atoms with Crippen LogP contribution >= 0.6 is 23.5 Å². The van der Waals surface area contributed by atoms with Crippen molar-refractivity contribution < 1.29 is 16.8 Å². The Kier molecular flexibility index (Phi) is 5.96. The van der Waals surface area contributed by atoms with Gasteiger partial charge in [-0.1, -0.05) is 84.2 Å². The lowest BCUT2D eigenvalue weighted by atomic mass is 10.2. The molecule has 0 radical (unpaired) electrons. The SMILES string of the molecule is O=S(=O)(/C=C1\SC=C(S(=O)(=O)Cc2ccccc2)S1)Cc1ccccc1. The third-order valence-corrected chi connectivity index (χ3v) is 9.73. The first kappa shape index (κ1) is 19.3. The summed E-state index contributed by atoms with van der Waals surface area (Å²) < 4.78 is 50.3. The molecular weight excluding hydrogens is 408 g/mol. The standard InChI is InChI=1S/C18H16O4S4/c19-25(20,12-15-7-3-1-4-8-15)14-17-23-11-18(24-17)26(21,22)13-16-9-5-2-6-10-16/h1-11,14H,12-13H2/b17-14+. The fourth-order valence-corrected chi connectivity index (χ4v) is 8.60. The number of benzene rings is 2. The fraction of sp³-hybridized carbons (Fsp3) is 0.111. The maximum atomic E-state index is 12.5. The molecule has 0 atom stereocenters. The highest BCUT2D eigenvalue weighted by Crippen LogP contribution is 2.47. The van der Waals surface area contributed by atoms with Crippen LogP contribution in [-0.4, -0.2) is 16.8 Å². The van der Waals surface area contributed by atoms with Crippen LogP contribution in [0.4, 0.5) is 0 Å². The van der Waals surface area contributed by atoms with Crippen LogP contribution in [0.1, 0.15) is 11.1 Å². The Bertz CT molecular complexity index is 1040. The highest BCUT2D eigenvalue weighted by Gasteiger charge is 2.26. The van der Waals surface area contributed by atoms with Gasteiger partial charge in [-0.3, -0.25) is 0 Å². The van der Waals surface area contributed by atoms with E-state index in [1.54, 1.807) is 48.5 Å². The summed E-state index contributed by atoms with van der Waals surface area (Å²) in [6.45, 7) is 0. The van der Waals surface area contributed by atoms with Crippen molar-refractivity contribution in [2.24, 2.45) is 0 Å². The second kappa shape index (κ2) is 8.04. The van der Waals surface area contributed by atoms with E-state index in [-0.39, 0.29) is 15.7 Å². The normalized spacial score (nSPS) is 16.6. The molecule has 8 heteroatoms. The zero-order valence-corrected chi connectivity index (χ0v) is 16.9. The summed E-state index contributed by atoms with van der Waals surface area (Å²) in [4.78, 5) is 0. The van der Waals surface area contributed by atoms with Crippen LogP contribution < -0.4 is 0 Å². The van der Waals surface area contributed by atoms with Crippen molar-refractivity contribution in [2.75, 3.05) is 0 Å². The topological polar surface area (TPSA) is 68.3 Å². The zero-order chi connectivity index (χ0) is 18.6. The van der Waals surface area contributed by atoms with Crippen molar-refractivity contribution in [1.29, 1.82) is 0 Å². The van der Waals surface area contributed by atoms with Gasteiger partial charge < -0.3 is 0 Å². The second-order valence-corrected chi connectivity index (χ2v) is 12.0. The van der Waals surface area contributed by atoms with Gasteiger partial charge in [-0.15, -0.1) is 0 Å². The van der Waals surface area contributed by atoms with E-state index in [4.69, 9.17) is 0 Å². The molecule has 26 heavy (non-hydrogen) atoms. The van der Waals surface area contributed by atoms with Crippen molar-refractivity contribution in [3.05, 3.63) is 91.1 Å². The average Bonchev–Trinajstić information content (AvgIpc) is 3.04. The predicted octanol–water partition coefficient (Wildman–Crippen LogP) is 4.29. The molecule has 1 aliphatic rings. The van der Waals surface area contributed by atoms with Gasteiger partial charge in [0.2, 0.25) is 0 Å². The molecule has 0 bridgehead atoms. The first-order valence-electron chi connectivity index (χ1n) is 7.64. The van der Waals surface area contributed by atoms with Gasteiger partial charge in [-0.25, -0.2) is 16.8 Å². The Morgan fingerprint density at radius 1 is 0.769 bits per heavy atom. The Balaban J connectivity index is 1.70. The van der Waals surface area contributed by atoms with E-state index < -0.39 is 19.7 Å². The Morgan fingerprint density at radius 2 is 1.31 bits per heavy atom. The van der Waals surface area contributed by atoms with E-state index in [1.165, 1.54) is 5.41 Å². The molecule has 1 heterocycles.